The molecule has 0 amide bonds. The normalized spacial score (nSPS) is 38.8. The van der Waals surface area contributed by atoms with Gasteiger partial charge < -0.3 is 0 Å². The van der Waals surface area contributed by atoms with Gasteiger partial charge in [-0.25, -0.2) is 9.50 Å². The first-order valence-corrected chi connectivity index (χ1v) is 7.81. The van der Waals surface area contributed by atoms with Crippen molar-refractivity contribution in [2.75, 3.05) is 0 Å². The minimum absolute atomic E-state index is 0.412. The molecule has 102 valence electrons. The van der Waals surface area contributed by atoms with Crippen molar-refractivity contribution in [3.8, 4) is 0 Å². The molecule has 2 aromatic rings. The maximum atomic E-state index is 5.99. The molecule has 20 heavy (non-hydrogen) atoms. The lowest BCUT2D eigenvalue weighted by molar-refractivity contribution is -0.00515. The summed E-state index contributed by atoms with van der Waals surface area (Å²) >= 11 is 0. The van der Waals surface area contributed by atoms with Crippen LogP contribution >= 0.6 is 0 Å². The zero-order valence-electron chi connectivity index (χ0n) is 11.6. The standard InChI is InChI=1S/C17H19N3/c1-11-16-5-15(9-20(16)19-10-18-11)17-6-12-2-13(7-17)4-14(3-12)8-17/h1,5,9-10,12-14H,2-4,6-8H2. The Morgan fingerprint density at radius 2 is 1.75 bits per heavy atom. The van der Waals surface area contributed by atoms with E-state index in [1.165, 1.54) is 44.1 Å². The Labute approximate surface area is 119 Å². The first-order valence-electron chi connectivity index (χ1n) is 7.81. The van der Waals surface area contributed by atoms with Gasteiger partial charge in [0.2, 0.25) is 0 Å². The van der Waals surface area contributed by atoms with Crippen LogP contribution in [0.1, 0.15) is 49.8 Å². The van der Waals surface area contributed by atoms with Gasteiger partial charge in [0, 0.05) is 13.1 Å². The van der Waals surface area contributed by atoms with Gasteiger partial charge in [-0.15, -0.1) is 0 Å². The monoisotopic (exact) mass is 265 g/mol. The molecule has 6 rings (SSSR count). The minimum Gasteiger partial charge on any atom is -0.237 e. The molecule has 3 nitrogen and oxygen atoms in total. The molecule has 0 N–H and O–H groups in total. The van der Waals surface area contributed by atoms with Crippen molar-refractivity contribution in [1.29, 1.82) is 0 Å². The summed E-state index contributed by atoms with van der Waals surface area (Å²) in [7, 11) is 0. The van der Waals surface area contributed by atoms with Crippen LogP contribution in [0.15, 0.2) is 18.6 Å². The summed E-state index contributed by atoms with van der Waals surface area (Å²) in [5.41, 5.74) is 3.44. The summed E-state index contributed by atoms with van der Waals surface area (Å²) in [6, 6.07) is 2.25. The molecule has 0 aliphatic heterocycles. The van der Waals surface area contributed by atoms with E-state index in [2.05, 4.69) is 22.3 Å². The van der Waals surface area contributed by atoms with E-state index in [0.717, 1.165) is 23.3 Å². The topological polar surface area (TPSA) is 30.2 Å². The van der Waals surface area contributed by atoms with Crippen molar-refractivity contribution in [2.45, 2.75) is 43.9 Å². The molecule has 0 spiro atoms. The second-order valence-corrected chi connectivity index (χ2v) is 7.40. The van der Waals surface area contributed by atoms with E-state index in [0.29, 0.717) is 11.1 Å². The van der Waals surface area contributed by atoms with Crippen molar-refractivity contribution in [3.63, 3.8) is 0 Å². The highest BCUT2D eigenvalue weighted by atomic mass is 15.2. The molecule has 2 heterocycles. The van der Waals surface area contributed by atoms with Crippen LogP contribution in [0.2, 0.25) is 0 Å². The number of rotatable bonds is 1. The second-order valence-electron chi connectivity index (χ2n) is 7.40. The molecule has 4 bridgehead atoms. The van der Waals surface area contributed by atoms with Crippen molar-refractivity contribution >= 4 is 5.52 Å². The molecule has 0 aromatic carbocycles. The maximum Gasteiger partial charge on any atom is 0.136 e. The summed E-state index contributed by atoms with van der Waals surface area (Å²) in [5, 5.41) is 4.32. The molecular weight excluding hydrogens is 246 g/mol. The fraction of sp³-hybridized carbons (Fsp3) is 0.588. The molecule has 3 heteroatoms. The van der Waals surface area contributed by atoms with Crippen LogP contribution in [-0.4, -0.2) is 14.6 Å². The molecule has 4 aliphatic rings. The van der Waals surface area contributed by atoms with Gasteiger partial charge in [-0.2, -0.15) is 5.10 Å². The van der Waals surface area contributed by atoms with Crippen LogP contribution in [0.3, 0.4) is 0 Å². The molecule has 0 saturated heterocycles. The van der Waals surface area contributed by atoms with Gasteiger partial charge in [-0.05, 0) is 73.3 Å². The van der Waals surface area contributed by atoms with E-state index >= 15 is 0 Å². The van der Waals surface area contributed by atoms with E-state index < -0.39 is 0 Å². The first kappa shape index (κ1) is 11.3. The van der Waals surface area contributed by atoms with Crippen LogP contribution in [0.25, 0.3) is 5.52 Å². The third-order valence-corrected chi connectivity index (χ3v) is 6.09. The molecule has 0 unspecified atom stereocenters. The van der Waals surface area contributed by atoms with E-state index in [1.807, 2.05) is 4.52 Å². The zero-order chi connectivity index (χ0) is 13.3. The Bertz CT molecular complexity index is 649. The Balaban J connectivity index is 1.65. The van der Waals surface area contributed by atoms with Gasteiger partial charge in [0.15, 0.2) is 0 Å². The van der Waals surface area contributed by atoms with Gasteiger partial charge in [0.25, 0.3) is 0 Å². The van der Waals surface area contributed by atoms with E-state index in [9.17, 15) is 0 Å². The summed E-state index contributed by atoms with van der Waals surface area (Å²) in [5.74, 6) is 2.90. The number of nitrogens with zero attached hydrogens (tertiary/aromatic N) is 3. The Morgan fingerprint density at radius 3 is 2.35 bits per heavy atom. The van der Waals surface area contributed by atoms with Gasteiger partial charge in [-0.1, -0.05) is 0 Å². The molecule has 4 fully saturated rings. The summed E-state index contributed by atoms with van der Waals surface area (Å²) in [4.78, 5) is 4.11. The summed E-state index contributed by atoms with van der Waals surface area (Å²) < 4.78 is 1.91. The average molecular weight is 265 g/mol. The molecule has 0 atom stereocenters. The Kier molecular flexibility index (Phi) is 2.05. The molecule has 2 radical (unpaired) electrons. The number of hydrogen-bond acceptors (Lipinski definition) is 2. The molecule has 4 aliphatic carbocycles. The number of fused-ring (bicyclic) bond motifs is 1. The number of aromatic nitrogens is 3. The second kappa shape index (κ2) is 3.63. The fourth-order valence-corrected chi connectivity index (χ4v) is 5.70. The van der Waals surface area contributed by atoms with Crippen molar-refractivity contribution in [1.82, 2.24) is 14.6 Å². The summed E-state index contributed by atoms with van der Waals surface area (Å²) in [6.07, 6.45) is 12.3. The highest BCUT2D eigenvalue weighted by molar-refractivity contribution is 5.56. The predicted octanol–water partition coefficient (Wildman–Crippen LogP) is 3.26. The van der Waals surface area contributed by atoms with Gasteiger partial charge in [0.1, 0.15) is 6.33 Å². The van der Waals surface area contributed by atoms with Gasteiger partial charge in [0.05, 0.1) is 11.2 Å². The lowest BCUT2D eigenvalue weighted by atomic mass is 9.48. The third-order valence-electron chi connectivity index (χ3n) is 6.09. The van der Waals surface area contributed by atoms with Gasteiger partial charge in [-0.3, -0.25) is 0 Å². The van der Waals surface area contributed by atoms with Crippen LogP contribution in [-0.2, 0) is 5.41 Å². The molecule has 2 aromatic heterocycles. The lowest BCUT2D eigenvalue weighted by Crippen LogP contribution is -2.48. The predicted molar refractivity (Wildman–Crippen MR) is 76.2 cm³/mol. The van der Waals surface area contributed by atoms with E-state index in [1.54, 1.807) is 6.33 Å². The maximum absolute atomic E-state index is 5.99. The van der Waals surface area contributed by atoms with E-state index in [4.69, 9.17) is 6.92 Å². The Morgan fingerprint density at radius 1 is 1.10 bits per heavy atom. The third kappa shape index (κ3) is 1.41. The van der Waals surface area contributed by atoms with Crippen molar-refractivity contribution in [3.05, 3.63) is 36.8 Å². The van der Waals surface area contributed by atoms with Crippen LogP contribution in [0.5, 0.6) is 0 Å². The van der Waals surface area contributed by atoms with Crippen LogP contribution in [0, 0.1) is 24.7 Å². The Hall–Kier alpha value is -1.38. The largest absolute Gasteiger partial charge is 0.237 e. The lowest BCUT2D eigenvalue weighted by Gasteiger charge is -2.56. The average Bonchev–Trinajstić information content (AvgIpc) is 2.83. The quantitative estimate of drug-likeness (QED) is 0.792. The zero-order valence-corrected chi connectivity index (χ0v) is 11.6. The van der Waals surface area contributed by atoms with Crippen LogP contribution in [0.4, 0.5) is 0 Å². The highest BCUT2D eigenvalue weighted by Gasteiger charge is 2.51. The van der Waals surface area contributed by atoms with Crippen LogP contribution < -0.4 is 0 Å². The smallest absolute Gasteiger partial charge is 0.136 e. The fourth-order valence-electron chi connectivity index (χ4n) is 5.70. The highest BCUT2D eigenvalue weighted by Crippen LogP contribution is 2.60. The SMILES string of the molecule is [CH]c1ncnn2cc(C34CC5CC(CC(C5)C3)C4)cc12. The minimum atomic E-state index is 0.412. The van der Waals surface area contributed by atoms with E-state index in [-0.39, 0.29) is 0 Å². The van der Waals surface area contributed by atoms with Crippen molar-refractivity contribution < 1.29 is 0 Å². The number of hydrogen-bond donors (Lipinski definition) is 0. The summed E-state index contributed by atoms with van der Waals surface area (Å²) in [6.45, 7) is 5.99. The molecule has 4 saturated carbocycles. The van der Waals surface area contributed by atoms with Crippen molar-refractivity contribution in [2.24, 2.45) is 17.8 Å². The molecular formula is C17H19N3. The van der Waals surface area contributed by atoms with Gasteiger partial charge >= 0.3 is 0 Å². The first-order chi connectivity index (χ1) is 9.72.